The molecule has 0 radical (unpaired) electrons. The Bertz CT molecular complexity index is 128. The van der Waals surface area contributed by atoms with Crippen molar-refractivity contribution in [3.05, 3.63) is 0 Å². The van der Waals surface area contributed by atoms with Crippen molar-refractivity contribution in [3.8, 4) is 0 Å². The molecule has 4 nitrogen and oxygen atoms in total. The van der Waals surface area contributed by atoms with Crippen molar-refractivity contribution < 1.29 is 14.6 Å². The van der Waals surface area contributed by atoms with Crippen LogP contribution in [-0.4, -0.2) is 37.9 Å². The number of aliphatic hydroxyl groups excluding tert-OH is 1. The van der Waals surface area contributed by atoms with E-state index in [2.05, 4.69) is 5.32 Å². The van der Waals surface area contributed by atoms with Crippen molar-refractivity contribution in [3.63, 3.8) is 0 Å². The van der Waals surface area contributed by atoms with Gasteiger partial charge in [-0.05, 0) is 19.3 Å². The van der Waals surface area contributed by atoms with E-state index in [-0.39, 0.29) is 12.5 Å². The molecule has 0 spiro atoms. The van der Waals surface area contributed by atoms with E-state index in [0.717, 1.165) is 19.3 Å². The highest BCUT2D eigenvalue weighted by Crippen LogP contribution is 1.93. The minimum absolute atomic E-state index is 0.0546. The number of hydrogen-bond acceptors (Lipinski definition) is 3. The molecule has 0 aromatic carbocycles. The lowest BCUT2D eigenvalue weighted by molar-refractivity contribution is -0.120. The largest absolute Gasteiger partial charge is 0.396 e. The van der Waals surface area contributed by atoms with Gasteiger partial charge in [-0.1, -0.05) is 0 Å². The average molecular weight is 189 g/mol. The van der Waals surface area contributed by atoms with E-state index < -0.39 is 0 Å². The van der Waals surface area contributed by atoms with Gasteiger partial charge in [0.15, 0.2) is 0 Å². The van der Waals surface area contributed by atoms with Crippen LogP contribution in [0.4, 0.5) is 0 Å². The molecule has 0 aliphatic carbocycles. The van der Waals surface area contributed by atoms with Crippen LogP contribution in [0, 0.1) is 0 Å². The van der Waals surface area contributed by atoms with Crippen LogP contribution in [0.15, 0.2) is 0 Å². The summed E-state index contributed by atoms with van der Waals surface area (Å²) in [6.07, 6.45) is 2.96. The summed E-state index contributed by atoms with van der Waals surface area (Å²) in [7, 11) is 1.63. The van der Waals surface area contributed by atoms with Gasteiger partial charge in [-0.3, -0.25) is 4.79 Å². The quantitative estimate of drug-likeness (QED) is 0.540. The van der Waals surface area contributed by atoms with Gasteiger partial charge in [0, 0.05) is 33.3 Å². The molecule has 0 aromatic rings. The zero-order chi connectivity index (χ0) is 9.94. The minimum Gasteiger partial charge on any atom is -0.396 e. The number of carbonyl (C=O) groups excluding carboxylic acids is 1. The monoisotopic (exact) mass is 189 g/mol. The van der Waals surface area contributed by atoms with Gasteiger partial charge in [-0.25, -0.2) is 0 Å². The molecule has 0 unspecified atom stereocenters. The molecule has 0 fully saturated rings. The molecule has 1 amide bonds. The van der Waals surface area contributed by atoms with Crippen molar-refractivity contribution >= 4 is 5.91 Å². The molecule has 0 rings (SSSR count). The first-order valence-electron chi connectivity index (χ1n) is 4.70. The fraction of sp³-hybridized carbons (Fsp3) is 0.889. The van der Waals surface area contributed by atoms with E-state index in [0.29, 0.717) is 19.6 Å². The van der Waals surface area contributed by atoms with E-state index in [1.165, 1.54) is 0 Å². The van der Waals surface area contributed by atoms with Crippen molar-refractivity contribution in [2.45, 2.75) is 25.7 Å². The van der Waals surface area contributed by atoms with Gasteiger partial charge in [0.2, 0.25) is 5.91 Å². The molecule has 0 bridgehead atoms. The smallest absolute Gasteiger partial charge is 0.219 e. The lowest BCUT2D eigenvalue weighted by atomic mass is 10.3. The molecule has 0 heterocycles. The molecule has 2 N–H and O–H groups in total. The highest BCUT2D eigenvalue weighted by molar-refractivity contribution is 5.75. The van der Waals surface area contributed by atoms with Crippen molar-refractivity contribution in [1.29, 1.82) is 0 Å². The lowest BCUT2D eigenvalue weighted by Crippen LogP contribution is -2.17. The molecule has 13 heavy (non-hydrogen) atoms. The Kier molecular flexibility index (Phi) is 9.03. The second-order valence-corrected chi connectivity index (χ2v) is 2.82. The van der Waals surface area contributed by atoms with Crippen molar-refractivity contribution in [1.82, 2.24) is 5.32 Å². The molecular formula is C9H19NO3. The van der Waals surface area contributed by atoms with Gasteiger partial charge >= 0.3 is 0 Å². The topological polar surface area (TPSA) is 58.6 Å². The zero-order valence-corrected chi connectivity index (χ0v) is 8.21. The molecule has 0 aromatic heterocycles. The fourth-order valence-electron chi connectivity index (χ4n) is 0.878. The van der Waals surface area contributed by atoms with E-state index in [1.807, 2.05) is 0 Å². The number of rotatable bonds is 8. The fourth-order valence-corrected chi connectivity index (χ4v) is 0.878. The van der Waals surface area contributed by atoms with Crippen LogP contribution in [0.2, 0.25) is 0 Å². The summed E-state index contributed by atoms with van der Waals surface area (Å²) < 4.78 is 5.24. The number of carbonyl (C=O) groups is 1. The summed E-state index contributed by atoms with van der Waals surface area (Å²) in [6.45, 7) is 1.52. The van der Waals surface area contributed by atoms with Crippen LogP contribution in [0.1, 0.15) is 25.7 Å². The molecule has 0 saturated carbocycles. The third kappa shape index (κ3) is 9.30. The number of unbranched alkanes of at least 4 members (excludes halogenated alkanes) is 1. The summed E-state index contributed by atoms with van der Waals surface area (Å²) in [5.74, 6) is 0.0546. The van der Waals surface area contributed by atoms with E-state index in [1.54, 1.807) is 7.05 Å². The molecule has 0 aliphatic rings. The summed E-state index contributed by atoms with van der Waals surface area (Å²) >= 11 is 0. The van der Waals surface area contributed by atoms with Crippen LogP contribution >= 0.6 is 0 Å². The summed E-state index contributed by atoms with van der Waals surface area (Å²) in [5.41, 5.74) is 0. The lowest BCUT2D eigenvalue weighted by Gasteiger charge is -2.02. The first kappa shape index (κ1) is 12.4. The Balaban J connectivity index is 2.95. The molecular weight excluding hydrogens is 170 g/mol. The van der Waals surface area contributed by atoms with Crippen molar-refractivity contribution in [2.75, 3.05) is 26.9 Å². The minimum atomic E-state index is 0.0546. The number of hydrogen-bond donors (Lipinski definition) is 2. The molecule has 0 aliphatic heterocycles. The van der Waals surface area contributed by atoms with E-state index in [4.69, 9.17) is 9.84 Å². The maximum Gasteiger partial charge on any atom is 0.219 e. The van der Waals surface area contributed by atoms with Gasteiger partial charge in [0.25, 0.3) is 0 Å². The van der Waals surface area contributed by atoms with Gasteiger partial charge in [0.05, 0.1) is 0 Å². The third-order valence-electron chi connectivity index (χ3n) is 1.67. The Labute approximate surface area is 79.3 Å². The number of nitrogens with one attached hydrogen (secondary N) is 1. The first-order chi connectivity index (χ1) is 6.31. The van der Waals surface area contributed by atoms with Crippen LogP contribution in [0.25, 0.3) is 0 Å². The van der Waals surface area contributed by atoms with Gasteiger partial charge < -0.3 is 15.2 Å². The predicted molar refractivity (Wildman–Crippen MR) is 50.4 cm³/mol. The Morgan fingerprint density at radius 3 is 2.62 bits per heavy atom. The standard InChI is InChI=1S/C9H19NO3/c1-10-9(12)5-4-8-13-7-3-2-6-11/h11H,2-8H2,1H3,(H,10,12). The Hall–Kier alpha value is -0.610. The predicted octanol–water partition coefficient (Wildman–Crippen LogP) is 0.302. The maximum absolute atomic E-state index is 10.7. The van der Waals surface area contributed by atoms with E-state index in [9.17, 15) is 4.79 Å². The van der Waals surface area contributed by atoms with Gasteiger partial charge in [-0.15, -0.1) is 0 Å². The number of aliphatic hydroxyl groups is 1. The zero-order valence-electron chi connectivity index (χ0n) is 8.21. The number of ether oxygens (including phenoxy) is 1. The van der Waals surface area contributed by atoms with Gasteiger partial charge in [-0.2, -0.15) is 0 Å². The molecule has 4 heteroatoms. The van der Waals surface area contributed by atoms with Crippen LogP contribution in [0.3, 0.4) is 0 Å². The van der Waals surface area contributed by atoms with Gasteiger partial charge in [0.1, 0.15) is 0 Å². The number of amides is 1. The summed E-state index contributed by atoms with van der Waals surface area (Å²) in [5, 5.41) is 11.0. The highest BCUT2D eigenvalue weighted by Gasteiger charge is 1.96. The molecule has 0 saturated heterocycles. The SMILES string of the molecule is CNC(=O)CCCOCCCCO. The molecule has 0 atom stereocenters. The normalized spacial score (nSPS) is 10.0. The summed E-state index contributed by atoms with van der Waals surface area (Å²) in [6, 6.07) is 0. The second-order valence-electron chi connectivity index (χ2n) is 2.82. The average Bonchev–Trinajstić information content (AvgIpc) is 2.16. The van der Waals surface area contributed by atoms with Crippen LogP contribution in [-0.2, 0) is 9.53 Å². The molecule has 78 valence electrons. The maximum atomic E-state index is 10.7. The van der Waals surface area contributed by atoms with Crippen molar-refractivity contribution in [2.24, 2.45) is 0 Å². The Morgan fingerprint density at radius 1 is 1.31 bits per heavy atom. The van der Waals surface area contributed by atoms with E-state index >= 15 is 0 Å². The van der Waals surface area contributed by atoms with Crippen LogP contribution in [0.5, 0.6) is 0 Å². The second kappa shape index (κ2) is 9.48. The Morgan fingerprint density at radius 2 is 2.00 bits per heavy atom. The highest BCUT2D eigenvalue weighted by atomic mass is 16.5. The summed E-state index contributed by atoms with van der Waals surface area (Å²) in [4.78, 5) is 10.7. The van der Waals surface area contributed by atoms with Crippen LogP contribution < -0.4 is 5.32 Å². The third-order valence-corrected chi connectivity index (χ3v) is 1.67. The first-order valence-corrected chi connectivity index (χ1v) is 4.70.